The van der Waals surface area contributed by atoms with Crippen molar-refractivity contribution in [1.82, 2.24) is 0 Å². The minimum Gasteiger partial charge on any atom is -0.481 e. The average molecular weight is 383 g/mol. The van der Waals surface area contributed by atoms with Gasteiger partial charge in [0.1, 0.15) is 5.78 Å². The predicted molar refractivity (Wildman–Crippen MR) is 115 cm³/mol. The third-order valence-corrected chi connectivity index (χ3v) is 5.41. The second-order valence-electron chi connectivity index (χ2n) is 8.19. The summed E-state index contributed by atoms with van der Waals surface area (Å²) in [6.45, 7) is 2.27. The van der Waals surface area contributed by atoms with Gasteiger partial charge >= 0.3 is 5.97 Å². The van der Waals surface area contributed by atoms with Crippen molar-refractivity contribution in [3.63, 3.8) is 0 Å². The lowest BCUT2D eigenvalue weighted by molar-refractivity contribution is -0.137. The second-order valence-corrected chi connectivity index (χ2v) is 8.19. The van der Waals surface area contributed by atoms with Crippen LogP contribution in [0.4, 0.5) is 0 Å². The molecule has 0 unspecified atom stereocenters. The molecule has 0 aromatic heterocycles. The SMILES string of the molecule is CCCCCCCCCCCCCCCCCCC(=O)CCCCC(=O)O. The predicted octanol–water partition coefficient (Wildman–Crippen LogP) is 7.85. The van der Waals surface area contributed by atoms with Crippen molar-refractivity contribution in [2.75, 3.05) is 0 Å². The van der Waals surface area contributed by atoms with E-state index >= 15 is 0 Å². The molecule has 0 aliphatic rings. The van der Waals surface area contributed by atoms with Gasteiger partial charge in [0.25, 0.3) is 0 Å². The molecule has 0 bridgehead atoms. The van der Waals surface area contributed by atoms with E-state index in [1.165, 1.54) is 96.3 Å². The van der Waals surface area contributed by atoms with Gasteiger partial charge in [0.2, 0.25) is 0 Å². The van der Waals surface area contributed by atoms with Crippen LogP contribution >= 0.6 is 0 Å². The first-order valence-electron chi connectivity index (χ1n) is 11.9. The van der Waals surface area contributed by atoms with Crippen LogP contribution in [0.1, 0.15) is 142 Å². The van der Waals surface area contributed by atoms with Crippen LogP contribution in [0.3, 0.4) is 0 Å². The van der Waals surface area contributed by atoms with Crippen LogP contribution in [-0.4, -0.2) is 16.9 Å². The van der Waals surface area contributed by atoms with E-state index in [0.29, 0.717) is 25.0 Å². The highest BCUT2D eigenvalue weighted by atomic mass is 16.4. The minimum atomic E-state index is -0.764. The number of Topliss-reactive ketones (excluding diaryl/α,β-unsaturated/α-hetero) is 1. The van der Waals surface area contributed by atoms with E-state index in [2.05, 4.69) is 6.92 Å². The molecule has 0 aliphatic carbocycles. The molecule has 0 aliphatic heterocycles. The second kappa shape index (κ2) is 21.4. The molecule has 0 aromatic carbocycles. The van der Waals surface area contributed by atoms with Crippen LogP contribution in [-0.2, 0) is 9.59 Å². The molecule has 0 spiro atoms. The third-order valence-electron chi connectivity index (χ3n) is 5.41. The molecule has 0 atom stereocenters. The number of hydrogen-bond acceptors (Lipinski definition) is 2. The number of hydrogen-bond donors (Lipinski definition) is 1. The molecule has 0 aromatic rings. The van der Waals surface area contributed by atoms with Gasteiger partial charge in [-0.3, -0.25) is 9.59 Å². The molecule has 0 heterocycles. The summed E-state index contributed by atoms with van der Waals surface area (Å²) in [6.07, 6.45) is 24.4. The van der Waals surface area contributed by atoms with Crippen molar-refractivity contribution >= 4 is 11.8 Å². The number of carboxylic acids is 1. The first-order chi connectivity index (χ1) is 13.2. The number of carboxylic acid groups (broad SMARTS) is 1. The monoisotopic (exact) mass is 382 g/mol. The van der Waals surface area contributed by atoms with Crippen LogP contribution < -0.4 is 0 Å². The number of unbranched alkanes of at least 4 members (excludes halogenated alkanes) is 16. The summed E-state index contributed by atoms with van der Waals surface area (Å²) in [7, 11) is 0. The molecule has 27 heavy (non-hydrogen) atoms. The minimum absolute atomic E-state index is 0.187. The van der Waals surface area contributed by atoms with E-state index in [1.807, 2.05) is 0 Å². The summed E-state index contributed by atoms with van der Waals surface area (Å²) in [5.74, 6) is -0.453. The van der Waals surface area contributed by atoms with Crippen molar-refractivity contribution in [3.05, 3.63) is 0 Å². The molecule has 0 fully saturated rings. The Kier molecular flexibility index (Phi) is 20.8. The van der Waals surface area contributed by atoms with Gasteiger partial charge in [-0.1, -0.05) is 103 Å². The zero-order valence-corrected chi connectivity index (χ0v) is 18.1. The topological polar surface area (TPSA) is 54.4 Å². The number of carbonyl (C=O) groups excluding carboxylic acids is 1. The fraction of sp³-hybridized carbons (Fsp3) is 0.917. The summed E-state index contributed by atoms with van der Waals surface area (Å²) in [5, 5.41) is 8.55. The average Bonchev–Trinajstić information content (AvgIpc) is 2.64. The first kappa shape index (κ1) is 26.1. The number of carbonyl (C=O) groups is 2. The maximum atomic E-state index is 11.7. The summed E-state index contributed by atoms with van der Waals surface area (Å²) in [4.78, 5) is 22.1. The Morgan fingerprint density at radius 2 is 0.778 bits per heavy atom. The maximum absolute atomic E-state index is 11.7. The Balaban J connectivity index is 3.12. The van der Waals surface area contributed by atoms with E-state index in [1.54, 1.807) is 0 Å². The summed E-state index contributed by atoms with van der Waals surface area (Å²) >= 11 is 0. The largest absolute Gasteiger partial charge is 0.481 e. The van der Waals surface area contributed by atoms with E-state index in [9.17, 15) is 9.59 Å². The Labute approximate surface area is 168 Å². The lowest BCUT2D eigenvalue weighted by atomic mass is 10.0. The normalized spacial score (nSPS) is 11.0. The Morgan fingerprint density at radius 1 is 0.481 bits per heavy atom. The molecule has 1 N–H and O–H groups in total. The van der Waals surface area contributed by atoms with Gasteiger partial charge in [0.05, 0.1) is 0 Å². The highest BCUT2D eigenvalue weighted by Crippen LogP contribution is 2.14. The van der Waals surface area contributed by atoms with Crippen molar-refractivity contribution in [2.24, 2.45) is 0 Å². The Morgan fingerprint density at radius 3 is 1.15 bits per heavy atom. The van der Waals surface area contributed by atoms with Gasteiger partial charge in [0, 0.05) is 19.3 Å². The zero-order chi connectivity index (χ0) is 20.0. The van der Waals surface area contributed by atoms with Crippen LogP contribution in [0.2, 0.25) is 0 Å². The van der Waals surface area contributed by atoms with Gasteiger partial charge in [-0.2, -0.15) is 0 Å². The van der Waals surface area contributed by atoms with Crippen molar-refractivity contribution < 1.29 is 14.7 Å². The maximum Gasteiger partial charge on any atom is 0.303 e. The van der Waals surface area contributed by atoms with E-state index in [-0.39, 0.29) is 6.42 Å². The number of aliphatic carboxylic acids is 1. The van der Waals surface area contributed by atoms with Crippen LogP contribution in [0, 0.1) is 0 Å². The van der Waals surface area contributed by atoms with E-state index in [0.717, 1.165) is 12.8 Å². The Bertz CT molecular complexity index is 339. The van der Waals surface area contributed by atoms with E-state index < -0.39 is 5.97 Å². The van der Waals surface area contributed by atoms with Gasteiger partial charge in [-0.05, 0) is 19.3 Å². The molecular weight excluding hydrogens is 336 g/mol. The first-order valence-corrected chi connectivity index (χ1v) is 11.9. The molecule has 3 nitrogen and oxygen atoms in total. The standard InChI is InChI=1S/C24H46O3/c1-2-3-4-5-6-7-8-9-10-11-12-13-14-15-16-17-20-23(25)21-18-19-22-24(26)27/h2-22H2,1H3,(H,26,27). The van der Waals surface area contributed by atoms with Gasteiger partial charge in [-0.15, -0.1) is 0 Å². The fourth-order valence-corrected chi connectivity index (χ4v) is 3.59. The molecule has 0 rings (SSSR count). The highest BCUT2D eigenvalue weighted by Gasteiger charge is 2.03. The van der Waals surface area contributed by atoms with Crippen molar-refractivity contribution in [2.45, 2.75) is 142 Å². The van der Waals surface area contributed by atoms with Gasteiger partial charge in [-0.25, -0.2) is 0 Å². The summed E-state index contributed by atoms with van der Waals surface area (Å²) in [5.41, 5.74) is 0. The molecular formula is C24H46O3. The van der Waals surface area contributed by atoms with Gasteiger partial charge < -0.3 is 5.11 Å². The zero-order valence-electron chi connectivity index (χ0n) is 18.1. The molecule has 0 saturated heterocycles. The van der Waals surface area contributed by atoms with Crippen molar-refractivity contribution in [3.8, 4) is 0 Å². The summed E-state index contributed by atoms with van der Waals surface area (Å²) in [6, 6.07) is 0. The quantitative estimate of drug-likeness (QED) is 0.194. The number of ketones is 1. The smallest absolute Gasteiger partial charge is 0.303 e. The lowest BCUT2D eigenvalue weighted by Crippen LogP contribution is -1.99. The van der Waals surface area contributed by atoms with Crippen LogP contribution in [0.5, 0.6) is 0 Å². The fourth-order valence-electron chi connectivity index (χ4n) is 3.59. The van der Waals surface area contributed by atoms with Gasteiger partial charge in [0.15, 0.2) is 0 Å². The van der Waals surface area contributed by atoms with Crippen LogP contribution in [0.25, 0.3) is 0 Å². The Hall–Kier alpha value is -0.860. The highest BCUT2D eigenvalue weighted by molar-refractivity contribution is 5.78. The molecule has 0 amide bonds. The molecule has 3 heteroatoms. The van der Waals surface area contributed by atoms with Crippen LogP contribution in [0.15, 0.2) is 0 Å². The molecule has 0 saturated carbocycles. The van der Waals surface area contributed by atoms with Crippen molar-refractivity contribution in [1.29, 1.82) is 0 Å². The van der Waals surface area contributed by atoms with E-state index in [4.69, 9.17) is 5.11 Å². The molecule has 0 radical (unpaired) electrons. The third kappa shape index (κ3) is 23.1. The molecule has 160 valence electrons. The lowest BCUT2D eigenvalue weighted by Gasteiger charge is -2.04. The number of rotatable bonds is 22. The summed E-state index contributed by atoms with van der Waals surface area (Å²) < 4.78 is 0.